The van der Waals surface area contributed by atoms with Crippen LogP contribution in [-0.4, -0.2) is 0 Å². The van der Waals surface area contributed by atoms with Crippen molar-refractivity contribution in [2.75, 3.05) is 5.73 Å². The van der Waals surface area contributed by atoms with Crippen molar-refractivity contribution >= 4 is 5.65 Å². The molecule has 0 unspecified atom stereocenters. The predicted octanol–water partition coefficient (Wildman–Crippen LogP) is 0.443. The zero-order chi connectivity index (χ0) is 5.98. The third-order valence-corrected chi connectivity index (χ3v) is 2.01. The first-order chi connectivity index (χ1) is 3.80. The van der Waals surface area contributed by atoms with Gasteiger partial charge in [0.15, 0.2) is 0 Å². The average Bonchev–Trinajstić information content (AvgIpc) is 1.77. The SMILES string of the molecule is Nc1cccc[c]1[Eu]. The molecule has 1 aromatic carbocycles. The number of nitrogens with two attached hydrogens (primary N) is 1. The summed E-state index contributed by atoms with van der Waals surface area (Å²) in [6.07, 6.45) is 0. The van der Waals surface area contributed by atoms with Crippen molar-refractivity contribution in [3.05, 3.63) is 24.3 Å². The van der Waals surface area contributed by atoms with Gasteiger partial charge in [0.05, 0.1) is 0 Å². The van der Waals surface area contributed by atoms with Crippen LogP contribution in [0.2, 0.25) is 0 Å². The molecule has 8 heavy (non-hydrogen) atoms. The van der Waals surface area contributed by atoms with Crippen molar-refractivity contribution in [1.82, 2.24) is 0 Å². The molecule has 0 heterocycles. The van der Waals surface area contributed by atoms with Crippen LogP contribution in [0.15, 0.2) is 24.3 Å². The molecule has 42 valence electrons. The summed E-state index contributed by atoms with van der Waals surface area (Å²) in [6, 6.07) is 7.87. The van der Waals surface area contributed by atoms with Crippen molar-refractivity contribution in [3.63, 3.8) is 0 Å². The molecule has 1 aromatic rings. The van der Waals surface area contributed by atoms with E-state index in [2.05, 4.69) is 0 Å². The molecule has 2 N–H and O–H groups in total. The second kappa shape index (κ2) is 2.95. The predicted molar refractivity (Wildman–Crippen MR) is 30.5 cm³/mol. The van der Waals surface area contributed by atoms with E-state index in [0.29, 0.717) is 0 Å². The van der Waals surface area contributed by atoms with Crippen molar-refractivity contribution in [3.8, 4) is 0 Å². The molecular formula is C6H6EuN. The monoisotopic (exact) mass is 245 g/mol. The van der Waals surface area contributed by atoms with Gasteiger partial charge in [0.1, 0.15) is 0 Å². The molecule has 0 spiro atoms. The summed E-state index contributed by atoms with van der Waals surface area (Å²) in [4.78, 5) is 0. The van der Waals surface area contributed by atoms with Crippen LogP contribution >= 0.6 is 0 Å². The molecule has 0 bridgehead atoms. The van der Waals surface area contributed by atoms with Crippen LogP contribution in [0, 0.1) is 47.0 Å². The number of nitrogen functional groups attached to an aromatic ring is 1. The third kappa shape index (κ3) is 1.54. The van der Waals surface area contributed by atoms with Crippen LogP contribution in [0.1, 0.15) is 0 Å². The van der Waals surface area contributed by atoms with Crippen molar-refractivity contribution in [2.45, 2.75) is 0 Å². The average molecular weight is 244 g/mol. The van der Waals surface area contributed by atoms with E-state index >= 15 is 0 Å². The quantitative estimate of drug-likeness (QED) is 0.658. The van der Waals surface area contributed by atoms with Crippen LogP contribution in [0.4, 0.5) is 5.69 Å². The van der Waals surface area contributed by atoms with Gasteiger partial charge in [-0.3, -0.25) is 0 Å². The molecule has 0 atom stereocenters. The molecule has 0 saturated heterocycles. The fourth-order valence-corrected chi connectivity index (χ4v) is 0.911. The zero-order valence-electron chi connectivity index (χ0n) is 4.26. The molecule has 0 radical (unpaired) electrons. The van der Waals surface area contributed by atoms with Gasteiger partial charge in [0.25, 0.3) is 0 Å². The Morgan fingerprint density at radius 2 is 1.88 bits per heavy atom. The fraction of sp³-hybridized carbons (Fsp3) is 0. The van der Waals surface area contributed by atoms with E-state index in [-0.39, 0.29) is 0 Å². The normalized spacial score (nSPS) is 9.12. The minimum absolute atomic E-state index is 0.893. The van der Waals surface area contributed by atoms with E-state index in [9.17, 15) is 0 Å². The first kappa shape index (κ1) is 6.72. The summed E-state index contributed by atoms with van der Waals surface area (Å²) >= 11 is 1.62. The van der Waals surface area contributed by atoms with Gasteiger partial charge in [-0.1, -0.05) is 0 Å². The Kier molecular flexibility index (Phi) is 2.48. The standard InChI is InChI=1S/C6H6N.Eu/c7-6-4-2-1-3-5-6;/h1-4H,7H2;. The Morgan fingerprint density at radius 1 is 1.25 bits per heavy atom. The number of benzene rings is 1. The molecule has 1 rings (SSSR count). The van der Waals surface area contributed by atoms with Crippen molar-refractivity contribution < 1.29 is 47.0 Å². The van der Waals surface area contributed by atoms with Crippen LogP contribution in [0.5, 0.6) is 0 Å². The number of hydrogen-bond acceptors (Lipinski definition) is 1. The van der Waals surface area contributed by atoms with E-state index in [0.717, 1.165) is 5.69 Å². The summed E-state index contributed by atoms with van der Waals surface area (Å²) in [5, 5.41) is 0. The van der Waals surface area contributed by atoms with Gasteiger partial charge in [-0.15, -0.1) is 0 Å². The van der Waals surface area contributed by atoms with Crippen LogP contribution in [-0.2, 0) is 0 Å². The number of anilines is 1. The first-order valence-electron chi connectivity index (χ1n) is 2.31. The molecule has 0 fully saturated rings. The van der Waals surface area contributed by atoms with Gasteiger partial charge in [-0.05, 0) is 0 Å². The van der Waals surface area contributed by atoms with Crippen molar-refractivity contribution in [2.24, 2.45) is 0 Å². The Morgan fingerprint density at radius 3 is 2.25 bits per heavy atom. The maximum atomic E-state index is 5.53. The summed E-state index contributed by atoms with van der Waals surface area (Å²) in [7, 11) is 0. The third-order valence-electron chi connectivity index (χ3n) is 0.905. The Hall–Kier alpha value is 0.604. The van der Waals surface area contributed by atoms with Gasteiger partial charge in [0.2, 0.25) is 0 Å². The fourth-order valence-electron chi connectivity index (χ4n) is 0.475. The van der Waals surface area contributed by atoms with E-state index in [1.165, 1.54) is -0.0424 Å². The Balaban J connectivity index is 3.13. The molecule has 0 aromatic heterocycles. The summed E-state index contributed by atoms with van der Waals surface area (Å²) in [5.41, 5.74) is 6.43. The molecule has 0 saturated carbocycles. The van der Waals surface area contributed by atoms with Gasteiger partial charge < -0.3 is 0 Å². The molecule has 0 amide bonds. The topological polar surface area (TPSA) is 26.0 Å². The number of rotatable bonds is 0. The van der Waals surface area contributed by atoms with Gasteiger partial charge in [0, 0.05) is 0 Å². The minimum atomic E-state index is 0.893. The number of hydrogen-bond donors (Lipinski definition) is 1. The van der Waals surface area contributed by atoms with Crippen LogP contribution in [0.25, 0.3) is 0 Å². The van der Waals surface area contributed by atoms with E-state index < -0.39 is 0 Å². The van der Waals surface area contributed by atoms with Crippen LogP contribution in [0.3, 0.4) is 0 Å². The van der Waals surface area contributed by atoms with Crippen molar-refractivity contribution in [1.29, 1.82) is 0 Å². The second-order valence-electron chi connectivity index (χ2n) is 1.52. The van der Waals surface area contributed by atoms with E-state index in [4.69, 9.17) is 5.73 Å². The zero-order valence-corrected chi connectivity index (χ0v) is 6.69. The molecule has 0 aliphatic rings. The molecular weight excluding hydrogens is 238 g/mol. The van der Waals surface area contributed by atoms with Gasteiger partial charge >= 0.3 is 82.7 Å². The maximum absolute atomic E-state index is 5.53. The first-order valence-corrected chi connectivity index (χ1v) is 3.52. The second-order valence-corrected chi connectivity index (χ2v) is 2.83. The summed E-state index contributed by atoms with van der Waals surface area (Å²) < 4.78 is 1.20. The molecule has 0 aliphatic heterocycles. The summed E-state index contributed by atoms with van der Waals surface area (Å²) in [6.45, 7) is 0. The van der Waals surface area contributed by atoms with Crippen LogP contribution < -0.4 is 5.69 Å². The van der Waals surface area contributed by atoms with Gasteiger partial charge in [-0.2, -0.15) is 0 Å². The van der Waals surface area contributed by atoms with E-state index in [1.54, 1.807) is 47.0 Å². The molecule has 0 aliphatic carbocycles. The molecule has 1 nitrogen and oxygen atoms in total. The Labute approximate surface area is 81.3 Å². The Bertz CT molecular complexity index is 165. The molecule has 2 heteroatoms. The number of para-hydroxylation sites is 1. The summed E-state index contributed by atoms with van der Waals surface area (Å²) in [5.74, 6) is 0. The van der Waals surface area contributed by atoms with E-state index in [1.807, 2.05) is 24.3 Å². The van der Waals surface area contributed by atoms with Gasteiger partial charge in [-0.25, -0.2) is 0 Å².